The second kappa shape index (κ2) is 9.65. The molecule has 1 rings (SSSR count). The molecule has 1 fully saturated rings. The number of carboxylic acid groups (broad SMARTS) is 1. The Morgan fingerprint density at radius 2 is 2.14 bits per heavy atom. The molecule has 0 saturated carbocycles. The van der Waals surface area contributed by atoms with Gasteiger partial charge in [-0.2, -0.15) is 5.26 Å². The molecule has 0 aromatic heterocycles. The minimum Gasteiger partial charge on any atom is -0.480 e. The minimum atomic E-state index is -0.866. The SMILES string of the molecule is CCC[C@@H](CN1CC(C#N)CC1C(=O)O)C(C)NC(C)=O.Cl. The molecular formula is C15H26ClN3O3. The fourth-order valence-corrected chi connectivity index (χ4v) is 3.07. The van der Waals surface area contributed by atoms with Gasteiger partial charge in [-0.05, 0) is 25.7 Å². The molecule has 4 atom stereocenters. The molecule has 3 unspecified atom stereocenters. The van der Waals surface area contributed by atoms with Crippen LogP contribution in [0.4, 0.5) is 0 Å². The first-order valence-electron chi connectivity index (χ1n) is 7.52. The Morgan fingerprint density at radius 1 is 1.50 bits per heavy atom. The van der Waals surface area contributed by atoms with Crippen molar-refractivity contribution in [2.45, 2.75) is 52.1 Å². The molecule has 0 aliphatic carbocycles. The van der Waals surface area contributed by atoms with Gasteiger partial charge >= 0.3 is 5.97 Å². The summed E-state index contributed by atoms with van der Waals surface area (Å²) in [6, 6.07) is 1.58. The molecule has 7 heteroatoms. The third-order valence-corrected chi connectivity index (χ3v) is 4.14. The molecule has 0 radical (unpaired) electrons. The van der Waals surface area contributed by atoms with Crippen LogP contribution in [0.3, 0.4) is 0 Å². The Hall–Kier alpha value is -1.32. The van der Waals surface area contributed by atoms with Gasteiger partial charge in [-0.25, -0.2) is 0 Å². The average molecular weight is 332 g/mol. The van der Waals surface area contributed by atoms with Crippen LogP contribution in [0.15, 0.2) is 0 Å². The van der Waals surface area contributed by atoms with Gasteiger partial charge in [0.25, 0.3) is 0 Å². The predicted octanol–water partition coefficient (Wildman–Crippen LogP) is 1.65. The molecule has 1 aliphatic rings. The van der Waals surface area contributed by atoms with Crippen LogP contribution < -0.4 is 5.32 Å². The number of carbonyl (C=O) groups is 2. The van der Waals surface area contributed by atoms with Crippen LogP contribution in [0.5, 0.6) is 0 Å². The number of hydrogen-bond donors (Lipinski definition) is 2. The van der Waals surface area contributed by atoms with E-state index in [1.807, 2.05) is 11.8 Å². The molecule has 22 heavy (non-hydrogen) atoms. The number of aliphatic carboxylic acids is 1. The van der Waals surface area contributed by atoms with Gasteiger partial charge in [0.1, 0.15) is 6.04 Å². The van der Waals surface area contributed by atoms with Crippen molar-refractivity contribution in [3.8, 4) is 6.07 Å². The van der Waals surface area contributed by atoms with Crippen LogP contribution in [-0.4, -0.2) is 47.1 Å². The lowest BCUT2D eigenvalue weighted by Gasteiger charge is -2.30. The van der Waals surface area contributed by atoms with Crippen LogP contribution in [0.2, 0.25) is 0 Å². The molecule has 126 valence electrons. The number of nitrogens with one attached hydrogen (secondary N) is 1. The van der Waals surface area contributed by atoms with E-state index in [0.29, 0.717) is 19.5 Å². The van der Waals surface area contributed by atoms with Gasteiger partial charge in [-0.1, -0.05) is 13.3 Å². The van der Waals surface area contributed by atoms with Crippen molar-refractivity contribution in [1.82, 2.24) is 10.2 Å². The van der Waals surface area contributed by atoms with E-state index in [0.717, 1.165) is 12.8 Å². The summed E-state index contributed by atoms with van der Waals surface area (Å²) in [6.45, 7) is 6.62. The quantitative estimate of drug-likeness (QED) is 0.739. The van der Waals surface area contributed by atoms with Crippen molar-refractivity contribution in [3.05, 3.63) is 0 Å². The number of nitrogens with zero attached hydrogens (tertiary/aromatic N) is 2. The van der Waals surface area contributed by atoms with Crippen molar-refractivity contribution in [2.75, 3.05) is 13.1 Å². The second-order valence-corrected chi connectivity index (χ2v) is 5.91. The summed E-state index contributed by atoms with van der Waals surface area (Å²) in [6.07, 6.45) is 2.28. The molecule has 2 N–H and O–H groups in total. The maximum atomic E-state index is 11.3. The number of rotatable bonds is 7. The maximum Gasteiger partial charge on any atom is 0.320 e. The zero-order valence-corrected chi connectivity index (χ0v) is 14.2. The van der Waals surface area contributed by atoms with Crippen molar-refractivity contribution >= 4 is 24.3 Å². The summed E-state index contributed by atoms with van der Waals surface area (Å²) < 4.78 is 0. The standard InChI is InChI=1S/C15H25N3O3.ClH/c1-4-5-13(10(2)17-11(3)19)9-18-8-12(7-16)6-14(18)15(20)21;/h10,12-14H,4-6,8-9H2,1-3H3,(H,17,19)(H,20,21);1H/t10?,12?,13-,14?;/m0./s1. The number of halogens is 1. The molecule has 0 aromatic rings. The number of amides is 1. The lowest BCUT2D eigenvalue weighted by Crippen LogP contribution is -2.45. The Bertz CT molecular complexity index is 425. The van der Waals surface area contributed by atoms with Crippen molar-refractivity contribution < 1.29 is 14.7 Å². The number of hydrogen-bond acceptors (Lipinski definition) is 4. The highest BCUT2D eigenvalue weighted by atomic mass is 35.5. The topological polar surface area (TPSA) is 93.4 Å². The van der Waals surface area contributed by atoms with Crippen LogP contribution in [-0.2, 0) is 9.59 Å². The van der Waals surface area contributed by atoms with E-state index < -0.39 is 12.0 Å². The Balaban J connectivity index is 0.00000441. The summed E-state index contributed by atoms with van der Waals surface area (Å²) >= 11 is 0. The lowest BCUT2D eigenvalue weighted by atomic mass is 9.95. The van der Waals surface area contributed by atoms with Gasteiger partial charge in [0.15, 0.2) is 0 Å². The summed E-state index contributed by atoms with van der Waals surface area (Å²) in [4.78, 5) is 24.4. The Labute approximate surface area is 138 Å². The molecule has 1 saturated heterocycles. The summed E-state index contributed by atoms with van der Waals surface area (Å²) in [7, 11) is 0. The maximum absolute atomic E-state index is 11.3. The van der Waals surface area contributed by atoms with Gasteiger partial charge in [-0.15, -0.1) is 12.4 Å². The van der Waals surface area contributed by atoms with E-state index in [1.165, 1.54) is 6.92 Å². The van der Waals surface area contributed by atoms with E-state index in [4.69, 9.17) is 5.26 Å². The summed E-state index contributed by atoms with van der Waals surface area (Å²) in [5.74, 6) is -0.965. The largest absolute Gasteiger partial charge is 0.480 e. The van der Waals surface area contributed by atoms with Gasteiger partial charge in [-0.3, -0.25) is 14.5 Å². The number of nitriles is 1. The third kappa shape index (κ3) is 5.82. The van der Waals surface area contributed by atoms with Crippen LogP contribution in [0.25, 0.3) is 0 Å². The van der Waals surface area contributed by atoms with E-state index in [1.54, 1.807) is 0 Å². The predicted molar refractivity (Wildman–Crippen MR) is 85.6 cm³/mol. The summed E-state index contributed by atoms with van der Waals surface area (Å²) in [5.41, 5.74) is 0. The highest BCUT2D eigenvalue weighted by molar-refractivity contribution is 5.85. The first kappa shape index (κ1) is 20.7. The molecule has 0 aromatic carbocycles. The van der Waals surface area contributed by atoms with Crippen LogP contribution in [0, 0.1) is 23.2 Å². The highest BCUT2D eigenvalue weighted by Gasteiger charge is 2.38. The number of carboxylic acids is 1. The van der Waals surface area contributed by atoms with E-state index in [-0.39, 0.29) is 36.2 Å². The first-order valence-corrected chi connectivity index (χ1v) is 7.52. The Kier molecular flexibility index (Phi) is 9.07. The Morgan fingerprint density at radius 3 is 2.59 bits per heavy atom. The van der Waals surface area contributed by atoms with E-state index in [9.17, 15) is 14.7 Å². The van der Waals surface area contributed by atoms with Gasteiger partial charge < -0.3 is 10.4 Å². The van der Waals surface area contributed by atoms with Crippen LogP contribution in [0.1, 0.15) is 40.0 Å². The minimum absolute atomic E-state index is 0. The van der Waals surface area contributed by atoms with Crippen LogP contribution >= 0.6 is 12.4 Å². The van der Waals surface area contributed by atoms with Gasteiger partial charge in [0.05, 0.1) is 12.0 Å². The molecule has 0 bridgehead atoms. The zero-order valence-electron chi connectivity index (χ0n) is 13.4. The second-order valence-electron chi connectivity index (χ2n) is 5.91. The van der Waals surface area contributed by atoms with E-state index >= 15 is 0 Å². The fourth-order valence-electron chi connectivity index (χ4n) is 3.07. The van der Waals surface area contributed by atoms with Crippen molar-refractivity contribution in [1.29, 1.82) is 5.26 Å². The van der Waals surface area contributed by atoms with Crippen molar-refractivity contribution in [2.24, 2.45) is 11.8 Å². The monoisotopic (exact) mass is 331 g/mol. The first-order chi connectivity index (χ1) is 9.88. The molecule has 6 nitrogen and oxygen atoms in total. The molecular weight excluding hydrogens is 306 g/mol. The smallest absolute Gasteiger partial charge is 0.320 e. The lowest BCUT2D eigenvalue weighted by molar-refractivity contribution is -0.142. The molecule has 1 amide bonds. The summed E-state index contributed by atoms with van der Waals surface area (Å²) in [5, 5.41) is 21.2. The average Bonchev–Trinajstić information content (AvgIpc) is 2.80. The fraction of sp³-hybridized carbons (Fsp3) is 0.800. The highest BCUT2D eigenvalue weighted by Crippen LogP contribution is 2.26. The normalized spacial score (nSPS) is 23.9. The zero-order chi connectivity index (χ0) is 16.0. The third-order valence-electron chi connectivity index (χ3n) is 4.14. The van der Waals surface area contributed by atoms with E-state index in [2.05, 4.69) is 18.3 Å². The molecule has 0 spiro atoms. The van der Waals surface area contributed by atoms with Gasteiger partial charge in [0, 0.05) is 26.1 Å². The number of carbonyl (C=O) groups excluding carboxylic acids is 1. The molecule has 1 heterocycles. The van der Waals surface area contributed by atoms with Gasteiger partial charge in [0.2, 0.25) is 5.91 Å². The number of likely N-dealkylation sites (tertiary alicyclic amines) is 1. The molecule has 1 aliphatic heterocycles. The van der Waals surface area contributed by atoms with Crippen molar-refractivity contribution in [3.63, 3.8) is 0 Å².